The molecule has 14 heavy (non-hydrogen) atoms. The quantitative estimate of drug-likeness (QED) is 0.557. The first-order valence-corrected chi connectivity index (χ1v) is 3.84. The highest BCUT2D eigenvalue weighted by molar-refractivity contribution is 6.06. The molecule has 0 spiro atoms. The zero-order valence-electron chi connectivity index (χ0n) is 7.18. The molecule has 0 aliphatic heterocycles. The fraction of sp³-hybridized carbons (Fsp3) is 0. The van der Waals surface area contributed by atoms with Crippen molar-refractivity contribution in [3.05, 3.63) is 42.0 Å². The Hall–Kier alpha value is -2.10. The monoisotopic (exact) mass is 192 g/mol. The van der Waals surface area contributed by atoms with Crippen LogP contribution in [0.2, 0.25) is 0 Å². The lowest BCUT2D eigenvalue weighted by atomic mass is 10.1. The molecule has 0 saturated heterocycles. The predicted octanol–water partition coefficient (Wildman–Crippen LogP) is 1.22. The molecule has 0 aliphatic carbocycles. The highest BCUT2D eigenvalue weighted by atomic mass is 16.4. The number of carboxylic acids is 1. The maximum Gasteiger partial charge on any atom is 0.328 e. The van der Waals surface area contributed by atoms with Crippen LogP contribution >= 0.6 is 0 Å². The van der Waals surface area contributed by atoms with Gasteiger partial charge in [0.2, 0.25) is 0 Å². The smallest absolute Gasteiger partial charge is 0.328 e. The average molecular weight is 192 g/mol. The standard InChI is InChI=1S/C10H8O4/c11-8-3-1-2-7(6-8)9(12)4-5-10(13)14/h1-6,11H,(H,13,14)/b5-4+. The summed E-state index contributed by atoms with van der Waals surface area (Å²) >= 11 is 0. The predicted molar refractivity (Wildman–Crippen MR) is 49.2 cm³/mol. The van der Waals surface area contributed by atoms with Gasteiger partial charge in [0.1, 0.15) is 5.75 Å². The molecule has 4 nitrogen and oxygen atoms in total. The Morgan fingerprint density at radius 3 is 2.50 bits per heavy atom. The van der Waals surface area contributed by atoms with Crippen LogP contribution in [0.4, 0.5) is 0 Å². The van der Waals surface area contributed by atoms with Crippen LogP contribution in [0.5, 0.6) is 5.75 Å². The van der Waals surface area contributed by atoms with Crippen molar-refractivity contribution in [2.45, 2.75) is 0 Å². The number of hydrogen-bond acceptors (Lipinski definition) is 3. The van der Waals surface area contributed by atoms with Crippen molar-refractivity contribution in [1.29, 1.82) is 0 Å². The lowest BCUT2D eigenvalue weighted by Crippen LogP contribution is -1.96. The SMILES string of the molecule is O=C(O)/C=C/C(=O)c1cccc(O)c1. The van der Waals surface area contributed by atoms with Crippen LogP contribution < -0.4 is 0 Å². The van der Waals surface area contributed by atoms with E-state index in [-0.39, 0.29) is 11.3 Å². The van der Waals surface area contributed by atoms with Crippen LogP contribution in [-0.4, -0.2) is 22.0 Å². The Balaban J connectivity index is 2.85. The van der Waals surface area contributed by atoms with Crippen LogP contribution in [0.3, 0.4) is 0 Å². The van der Waals surface area contributed by atoms with E-state index in [9.17, 15) is 9.59 Å². The van der Waals surface area contributed by atoms with Crippen molar-refractivity contribution in [2.24, 2.45) is 0 Å². The van der Waals surface area contributed by atoms with Gasteiger partial charge in [0.25, 0.3) is 0 Å². The van der Waals surface area contributed by atoms with Gasteiger partial charge in [-0.3, -0.25) is 4.79 Å². The summed E-state index contributed by atoms with van der Waals surface area (Å²) in [5.74, 6) is -1.67. The van der Waals surface area contributed by atoms with Crippen molar-refractivity contribution in [3.8, 4) is 5.75 Å². The molecule has 4 heteroatoms. The zero-order chi connectivity index (χ0) is 10.6. The third-order valence-electron chi connectivity index (χ3n) is 1.51. The fourth-order valence-electron chi connectivity index (χ4n) is 0.902. The van der Waals surface area contributed by atoms with E-state index in [1.807, 2.05) is 0 Å². The number of carboxylic acid groups (broad SMARTS) is 1. The molecular formula is C10H8O4. The van der Waals surface area contributed by atoms with Gasteiger partial charge < -0.3 is 10.2 Å². The van der Waals surface area contributed by atoms with Crippen LogP contribution in [0.15, 0.2) is 36.4 Å². The number of hydrogen-bond donors (Lipinski definition) is 2. The van der Waals surface area contributed by atoms with E-state index in [1.54, 1.807) is 0 Å². The second-order valence-corrected chi connectivity index (χ2v) is 2.59. The van der Waals surface area contributed by atoms with Crippen molar-refractivity contribution < 1.29 is 19.8 Å². The van der Waals surface area contributed by atoms with Gasteiger partial charge in [0.15, 0.2) is 5.78 Å². The summed E-state index contributed by atoms with van der Waals surface area (Å²) in [5, 5.41) is 17.3. The van der Waals surface area contributed by atoms with Crippen LogP contribution in [-0.2, 0) is 4.79 Å². The summed E-state index contributed by atoms with van der Waals surface area (Å²) in [5.41, 5.74) is 0.252. The number of aliphatic carboxylic acids is 1. The maximum absolute atomic E-state index is 11.2. The van der Waals surface area contributed by atoms with E-state index in [1.165, 1.54) is 24.3 Å². The molecule has 0 fully saturated rings. The minimum atomic E-state index is -1.18. The number of benzene rings is 1. The first-order chi connectivity index (χ1) is 6.59. The van der Waals surface area contributed by atoms with Crippen molar-refractivity contribution in [3.63, 3.8) is 0 Å². The second-order valence-electron chi connectivity index (χ2n) is 2.59. The average Bonchev–Trinajstić information content (AvgIpc) is 2.14. The summed E-state index contributed by atoms with van der Waals surface area (Å²) in [6.45, 7) is 0. The summed E-state index contributed by atoms with van der Waals surface area (Å²) in [7, 11) is 0. The summed E-state index contributed by atoms with van der Waals surface area (Å²) in [6, 6.07) is 5.71. The number of rotatable bonds is 3. The Labute approximate surface area is 80.1 Å². The largest absolute Gasteiger partial charge is 0.508 e. The van der Waals surface area contributed by atoms with Crippen LogP contribution in [0.1, 0.15) is 10.4 Å². The van der Waals surface area contributed by atoms with Crippen LogP contribution in [0, 0.1) is 0 Å². The fourth-order valence-corrected chi connectivity index (χ4v) is 0.902. The van der Waals surface area contributed by atoms with Crippen molar-refractivity contribution in [1.82, 2.24) is 0 Å². The summed E-state index contributed by atoms with van der Waals surface area (Å²) in [4.78, 5) is 21.4. The second kappa shape index (κ2) is 4.23. The first kappa shape index (κ1) is 9.98. The Bertz CT molecular complexity index is 393. The third kappa shape index (κ3) is 2.75. The van der Waals surface area contributed by atoms with Gasteiger partial charge in [-0.25, -0.2) is 4.79 Å². The van der Waals surface area contributed by atoms with Gasteiger partial charge in [-0.2, -0.15) is 0 Å². The number of phenols is 1. The molecule has 0 amide bonds. The van der Waals surface area contributed by atoms with Gasteiger partial charge in [-0.15, -0.1) is 0 Å². The topological polar surface area (TPSA) is 74.6 Å². The highest BCUT2D eigenvalue weighted by Crippen LogP contribution is 2.11. The Morgan fingerprint density at radius 2 is 1.93 bits per heavy atom. The molecule has 72 valence electrons. The van der Waals surface area contributed by atoms with E-state index in [4.69, 9.17) is 10.2 Å². The normalized spacial score (nSPS) is 10.3. The number of phenolic OH excluding ortho intramolecular Hbond substituents is 1. The van der Waals surface area contributed by atoms with Crippen molar-refractivity contribution >= 4 is 11.8 Å². The molecule has 1 aromatic rings. The number of ketones is 1. The van der Waals surface area contributed by atoms with Gasteiger partial charge in [-0.05, 0) is 18.2 Å². The van der Waals surface area contributed by atoms with Gasteiger partial charge in [0.05, 0.1) is 0 Å². The Morgan fingerprint density at radius 1 is 1.21 bits per heavy atom. The van der Waals surface area contributed by atoms with Gasteiger partial charge in [0, 0.05) is 11.6 Å². The molecule has 0 saturated carbocycles. The molecule has 0 unspecified atom stereocenters. The van der Waals surface area contributed by atoms with E-state index in [0.29, 0.717) is 0 Å². The van der Waals surface area contributed by atoms with Gasteiger partial charge in [-0.1, -0.05) is 12.1 Å². The number of carbonyl (C=O) groups is 2. The van der Waals surface area contributed by atoms with E-state index in [0.717, 1.165) is 12.2 Å². The molecule has 0 aliphatic rings. The molecule has 2 N–H and O–H groups in total. The Kier molecular flexibility index (Phi) is 3.01. The summed E-state index contributed by atoms with van der Waals surface area (Å²) < 4.78 is 0. The van der Waals surface area contributed by atoms with Gasteiger partial charge >= 0.3 is 5.97 Å². The number of aromatic hydroxyl groups is 1. The number of allylic oxidation sites excluding steroid dienone is 1. The highest BCUT2D eigenvalue weighted by Gasteiger charge is 2.02. The zero-order valence-corrected chi connectivity index (χ0v) is 7.18. The lowest BCUT2D eigenvalue weighted by Gasteiger charge is -1.95. The van der Waals surface area contributed by atoms with E-state index >= 15 is 0 Å². The van der Waals surface area contributed by atoms with Crippen LogP contribution in [0.25, 0.3) is 0 Å². The first-order valence-electron chi connectivity index (χ1n) is 3.84. The van der Waals surface area contributed by atoms with Crippen molar-refractivity contribution in [2.75, 3.05) is 0 Å². The third-order valence-corrected chi connectivity index (χ3v) is 1.51. The molecule has 1 aromatic carbocycles. The molecule has 0 atom stereocenters. The van der Waals surface area contributed by atoms with E-state index in [2.05, 4.69) is 0 Å². The summed E-state index contributed by atoms with van der Waals surface area (Å²) in [6.07, 6.45) is 1.70. The molecular weight excluding hydrogens is 184 g/mol. The molecule has 0 aromatic heterocycles. The molecule has 0 bridgehead atoms. The molecule has 0 radical (unpaired) electrons. The minimum Gasteiger partial charge on any atom is -0.508 e. The van der Waals surface area contributed by atoms with E-state index < -0.39 is 11.8 Å². The minimum absolute atomic E-state index is 0.0282. The molecule has 0 heterocycles. The number of carbonyl (C=O) groups excluding carboxylic acids is 1. The lowest BCUT2D eigenvalue weighted by molar-refractivity contribution is -0.131. The maximum atomic E-state index is 11.2. The molecule has 1 rings (SSSR count).